The Bertz CT molecular complexity index is 371. The van der Waals surface area contributed by atoms with E-state index in [0.29, 0.717) is 0 Å². The quantitative estimate of drug-likeness (QED) is 0.462. The van der Waals surface area contributed by atoms with Crippen LogP contribution in [0.1, 0.15) is 97.3 Å². The highest BCUT2D eigenvalue weighted by molar-refractivity contribution is 6.50. The van der Waals surface area contributed by atoms with Gasteiger partial charge in [0, 0.05) is 10.8 Å². The summed E-state index contributed by atoms with van der Waals surface area (Å²) in [7, 11) is 0. The molecule has 2 heteroatoms. The maximum absolute atomic E-state index is 7.08. The normalized spacial score (nSPS) is 44.2. The van der Waals surface area contributed by atoms with Crippen molar-refractivity contribution in [3.05, 3.63) is 0 Å². The summed E-state index contributed by atoms with van der Waals surface area (Å²) < 4.78 is -0.436. The first kappa shape index (κ1) is 17.4. The van der Waals surface area contributed by atoms with Gasteiger partial charge >= 0.3 is 0 Å². The van der Waals surface area contributed by atoms with Crippen LogP contribution in [0.5, 0.6) is 0 Å². The van der Waals surface area contributed by atoms with Crippen LogP contribution in [-0.2, 0) is 0 Å². The third-order valence-electron chi connectivity index (χ3n) is 7.68. The molecule has 3 fully saturated rings. The van der Waals surface area contributed by atoms with Gasteiger partial charge in [-0.3, -0.25) is 0 Å². The standard InChI is InChI=1S/C20H34Cl2/c1-3-5-6-17-9-13-19(14-10-17)15-18(20(19,21)22)11-7-16(4-2)8-12-18/h16-17H,3-15H2,1-2H3. The average Bonchev–Trinajstić information content (AvgIpc) is 2.55. The maximum Gasteiger partial charge on any atom is 0.129 e. The number of hydrogen-bond acceptors (Lipinski definition) is 0. The van der Waals surface area contributed by atoms with Crippen LogP contribution >= 0.6 is 23.2 Å². The fourth-order valence-corrected chi connectivity index (χ4v) is 6.98. The Morgan fingerprint density at radius 3 is 1.73 bits per heavy atom. The molecule has 3 saturated carbocycles. The van der Waals surface area contributed by atoms with Crippen molar-refractivity contribution in [2.45, 2.75) is 102 Å². The lowest BCUT2D eigenvalue weighted by atomic mass is 9.43. The van der Waals surface area contributed by atoms with Gasteiger partial charge in [0.1, 0.15) is 4.33 Å². The van der Waals surface area contributed by atoms with Gasteiger partial charge in [0.05, 0.1) is 0 Å². The molecule has 0 radical (unpaired) electrons. The van der Waals surface area contributed by atoms with Crippen LogP contribution in [0.3, 0.4) is 0 Å². The second-order valence-corrected chi connectivity index (χ2v) is 10.1. The van der Waals surface area contributed by atoms with Crippen molar-refractivity contribution >= 4 is 23.2 Å². The summed E-state index contributed by atoms with van der Waals surface area (Å²) in [6.45, 7) is 4.63. The molecule has 3 rings (SSSR count). The van der Waals surface area contributed by atoms with Crippen molar-refractivity contribution in [3.63, 3.8) is 0 Å². The third-order valence-corrected chi connectivity index (χ3v) is 9.28. The number of alkyl halides is 2. The Hall–Kier alpha value is 0.580. The second kappa shape index (κ2) is 6.47. The van der Waals surface area contributed by atoms with E-state index in [1.54, 1.807) is 0 Å². The summed E-state index contributed by atoms with van der Waals surface area (Å²) in [4.78, 5) is 0. The highest BCUT2D eigenvalue weighted by Crippen LogP contribution is 2.76. The summed E-state index contributed by atoms with van der Waals surface area (Å²) in [6, 6.07) is 0. The van der Waals surface area contributed by atoms with E-state index in [1.807, 2.05) is 0 Å². The molecular formula is C20H34Cl2. The van der Waals surface area contributed by atoms with E-state index < -0.39 is 4.33 Å². The minimum atomic E-state index is -0.436. The van der Waals surface area contributed by atoms with Crippen LogP contribution in [0.15, 0.2) is 0 Å². The number of halogens is 2. The first-order chi connectivity index (χ1) is 10.5. The molecule has 0 saturated heterocycles. The molecule has 0 amide bonds. The Labute approximate surface area is 147 Å². The van der Waals surface area contributed by atoms with Crippen LogP contribution in [0.25, 0.3) is 0 Å². The topological polar surface area (TPSA) is 0 Å². The maximum atomic E-state index is 7.08. The van der Waals surface area contributed by atoms with Gasteiger partial charge in [-0.1, -0.05) is 39.5 Å². The summed E-state index contributed by atoms with van der Waals surface area (Å²) in [6.07, 6.45) is 17.4. The van der Waals surface area contributed by atoms with E-state index in [-0.39, 0.29) is 10.8 Å². The highest BCUT2D eigenvalue weighted by atomic mass is 35.5. The van der Waals surface area contributed by atoms with Gasteiger partial charge < -0.3 is 0 Å². The molecule has 0 aromatic heterocycles. The van der Waals surface area contributed by atoms with Gasteiger partial charge in [0.15, 0.2) is 0 Å². The zero-order valence-corrected chi connectivity index (χ0v) is 16.1. The predicted octanol–water partition coefficient (Wildman–Crippen LogP) is 7.52. The summed E-state index contributed by atoms with van der Waals surface area (Å²) in [5, 5.41) is 0. The Morgan fingerprint density at radius 1 is 0.818 bits per heavy atom. The van der Waals surface area contributed by atoms with Gasteiger partial charge in [0.25, 0.3) is 0 Å². The molecule has 0 aromatic carbocycles. The molecule has 0 bridgehead atoms. The molecule has 0 N–H and O–H groups in total. The van der Waals surface area contributed by atoms with Gasteiger partial charge in [-0.15, -0.1) is 23.2 Å². The minimum Gasteiger partial charge on any atom is -0.100 e. The van der Waals surface area contributed by atoms with Gasteiger partial charge in [-0.2, -0.15) is 0 Å². The lowest BCUT2D eigenvalue weighted by Crippen LogP contribution is -2.66. The molecule has 3 aliphatic carbocycles. The SMILES string of the molecule is CCCCC1CCC2(CC1)CC1(CCC(CC)CC1)C2(Cl)Cl. The fourth-order valence-electron chi connectivity index (χ4n) is 5.96. The van der Waals surface area contributed by atoms with Gasteiger partial charge in [-0.25, -0.2) is 0 Å². The summed E-state index contributed by atoms with van der Waals surface area (Å²) >= 11 is 14.2. The Balaban J connectivity index is 1.60. The molecule has 0 aromatic rings. The number of hydrogen-bond donors (Lipinski definition) is 0. The second-order valence-electron chi connectivity index (χ2n) is 8.75. The largest absolute Gasteiger partial charge is 0.129 e. The van der Waals surface area contributed by atoms with Crippen molar-refractivity contribution < 1.29 is 0 Å². The average molecular weight is 345 g/mol. The van der Waals surface area contributed by atoms with Crippen LogP contribution in [0, 0.1) is 22.7 Å². The van der Waals surface area contributed by atoms with E-state index in [9.17, 15) is 0 Å². The van der Waals surface area contributed by atoms with E-state index in [2.05, 4.69) is 13.8 Å². The van der Waals surface area contributed by atoms with Gasteiger partial charge in [-0.05, 0) is 69.6 Å². The lowest BCUT2D eigenvalue weighted by molar-refractivity contribution is -0.115. The van der Waals surface area contributed by atoms with Crippen LogP contribution in [-0.4, -0.2) is 4.33 Å². The van der Waals surface area contributed by atoms with Crippen LogP contribution < -0.4 is 0 Å². The van der Waals surface area contributed by atoms with Crippen LogP contribution in [0.2, 0.25) is 0 Å². The molecule has 0 unspecified atom stereocenters. The van der Waals surface area contributed by atoms with Gasteiger partial charge in [0.2, 0.25) is 0 Å². The monoisotopic (exact) mass is 344 g/mol. The molecule has 2 spiro atoms. The summed E-state index contributed by atoms with van der Waals surface area (Å²) in [5.74, 6) is 1.87. The highest BCUT2D eigenvalue weighted by Gasteiger charge is 2.72. The first-order valence-corrected chi connectivity index (χ1v) is 10.6. The molecule has 3 aliphatic rings. The molecule has 0 heterocycles. The summed E-state index contributed by atoms with van der Waals surface area (Å²) in [5.41, 5.74) is 0.524. The molecule has 0 atom stereocenters. The van der Waals surface area contributed by atoms with E-state index in [0.717, 1.165) is 11.8 Å². The zero-order chi connectivity index (χ0) is 15.8. The van der Waals surface area contributed by atoms with Crippen molar-refractivity contribution in [1.82, 2.24) is 0 Å². The molecule has 0 aliphatic heterocycles. The van der Waals surface area contributed by atoms with E-state index >= 15 is 0 Å². The fraction of sp³-hybridized carbons (Fsp3) is 1.00. The Kier molecular flexibility index (Phi) is 5.12. The predicted molar refractivity (Wildman–Crippen MR) is 97.7 cm³/mol. The van der Waals surface area contributed by atoms with E-state index in [1.165, 1.54) is 83.5 Å². The first-order valence-electron chi connectivity index (χ1n) is 9.86. The van der Waals surface area contributed by atoms with Crippen LogP contribution in [0.4, 0.5) is 0 Å². The molecule has 128 valence electrons. The smallest absolute Gasteiger partial charge is 0.100 e. The molecular weight excluding hydrogens is 311 g/mol. The Morgan fingerprint density at radius 2 is 1.32 bits per heavy atom. The lowest BCUT2D eigenvalue weighted by Gasteiger charge is -2.69. The number of rotatable bonds is 4. The van der Waals surface area contributed by atoms with Crippen molar-refractivity contribution in [1.29, 1.82) is 0 Å². The number of unbranched alkanes of at least 4 members (excludes halogenated alkanes) is 1. The van der Waals surface area contributed by atoms with Crippen molar-refractivity contribution in [2.75, 3.05) is 0 Å². The van der Waals surface area contributed by atoms with E-state index in [4.69, 9.17) is 23.2 Å². The third kappa shape index (κ3) is 2.65. The molecule has 22 heavy (non-hydrogen) atoms. The van der Waals surface area contributed by atoms with Crippen molar-refractivity contribution in [2.24, 2.45) is 22.7 Å². The van der Waals surface area contributed by atoms with Crippen molar-refractivity contribution in [3.8, 4) is 0 Å². The zero-order valence-electron chi connectivity index (χ0n) is 14.6. The molecule has 0 nitrogen and oxygen atoms in total. The minimum absolute atomic E-state index is 0.262.